The van der Waals surface area contributed by atoms with E-state index < -0.39 is 29.8 Å². The lowest BCUT2D eigenvalue weighted by Crippen LogP contribution is -2.51. The number of pyridine rings is 2. The molecule has 1 aliphatic heterocycles. The van der Waals surface area contributed by atoms with E-state index in [2.05, 4.69) is 20.1 Å². The van der Waals surface area contributed by atoms with Gasteiger partial charge < -0.3 is 14.8 Å². The number of anilines is 1. The number of nitrogens with zero attached hydrogens (tertiary/aromatic N) is 4. The zero-order valence-electron chi connectivity index (χ0n) is 16.6. The SMILES string of the molecule is CC(CN1CCN(c2ccccn2)CC1)NC(=O)Cn1cccc(C(F)(F)F)c1=O. The molecule has 0 saturated carbocycles. The molecule has 1 N–H and O–H groups in total. The molecule has 1 amide bonds. The van der Waals surface area contributed by atoms with Gasteiger partial charge in [-0.1, -0.05) is 6.07 Å². The molecule has 2 aromatic heterocycles. The van der Waals surface area contributed by atoms with Crippen LogP contribution in [0.5, 0.6) is 0 Å². The number of hydrogen-bond acceptors (Lipinski definition) is 5. The van der Waals surface area contributed by atoms with E-state index in [9.17, 15) is 22.8 Å². The standard InChI is InChI=1S/C20H24F3N5O2/c1-15(13-26-9-11-27(12-10-26)17-6-2-3-7-24-17)25-18(29)14-28-8-4-5-16(19(28)30)20(21,22)23/h2-8,15H,9-14H2,1H3,(H,25,29). The lowest BCUT2D eigenvalue weighted by molar-refractivity contribution is -0.139. The molecule has 1 unspecified atom stereocenters. The van der Waals surface area contributed by atoms with E-state index >= 15 is 0 Å². The van der Waals surface area contributed by atoms with Crippen molar-refractivity contribution < 1.29 is 18.0 Å². The number of alkyl halides is 3. The molecule has 10 heteroatoms. The smallest absolute Gasteiger partial charge is 0.354 e. The molecule has 0 spiro atoms. The second kappa shape index (κ2) is 9.29. The van der Waals surface area contributed by atoms with Crippen molar-refractivity contribution >= 4 is 11.7 Å². The third-order valence-corrected chi connectivity index (χ3v) is 4.92. The summed E-state index contributed by atoms with van der Waals surface area (Å²) in [5, 5.41) is 2.76. The highest BCUT2D eigenvalue weighted by Crippen LogP contribution is 2.25. The van der Waals surface area contributed by atoms with E-state index in [1.807, 2.05) is 25.1 Å². The highest BCUT2D eigenvalue weighted by atomic mass is 19.4. The Hall–Kier alpha value is -2.88. The summed E-state index contributed by atoms with van der Waals surface area (Å²) in [4.78, 5) is 32.9. The van der Waals surface area contributed by atoms with Crippen LogP contribution in [0.2, 0.25) is 0 Å². The van der Waals surface area contributed by atoms with Gasteiger partial charge in [-0.05, 0) is 31.2 Å². The first kappa shape index (κ1) is 21.8. The lowest BCUT2D eigenvalue weighted by atomic mass is 10.2. The first-order chi connectivity index (χ1) is 14.2. The van der Waals surface area contributed by atoms with Crippen LogP contribution in [0.3, 0.4) is 0 Å². The molecule has 3 heterocycles. The van der Waals surface area contributed by atoms with Gasteiger partial charge >= 0.3 is 6.18 Å². The molecule has 0 aromatic carbocycles. The Morgan fingerprint density at radius 2 is 1.90 bits per heavy atom. The van der Waals surface area contributed by atoms with Crippen LogP contribution in [0.25, 0.3) is 0 Å². The van der Waals surface area contributed by atoms with Gasteiger partial charge in [0, 0.05) is 51.2 Å². The number of hydrogen-bond donors (Lipinski definition) is 1. The monoisotopic (exact) mass is 423 g/mol. The summed E-state index contributed by atoms with van der Waals surface area (Å²) in [5.41, 5.74) is -2.50. The summed E-state index contributed by atoms with van der Waals surface area (Å²) in [6, 6.07) is 7.40. The molecule has 7 nitrogen and oxygen atoms in total. The van der Waals surface area contributed by atoms with E-state index in [4.69, 9.17) is 0 Å². The summed E-state index contributed by atoms with van der Waals surface area (Å²) < 4.78 is 39.3. The molecule has 1 atom stereocenters. The molecule has 1 fully saturated rings. The molecule has 1 aliphatic rings. The van der Waals surface area contributed by atoms with Gasteiger partial charge in [0.15, 0.2) is 0 Å². The van der Waals surface area contributed by atoms with Crippen molar-refractivity contribution in [3.63, 3.8) is 0 Å². The minimum Gasteiger partial charge on any atom is -0.354 e. The summed E-state index contributed by atoms with van der Waals surface area (Å²) in [6.07, 6.45) is -1.81. The fraction of sp³-hybridized carbons (Fsp3) is 0.450. The maximum absolute atomic E-state index is 12.8. The van der Waals surface area contributed by atoms with Gasteiger partial charge in [-0.25, -0.2) is 4.98 Å². The highest BCUT2D eigenvalue weighted by molar-refractivity contribution is 5.76. The summed E-state index contributed by atoms with van der Waals surface area (Å²) in [7, 11) is 0. The van der Waals surface area contributed by atoms with Crippen LogP contribution in [0.1, 0.15) is 12.5 Å². The maximum atomic E-state index is 12.8. The van der Waals surface area contributed by atoms with E-state index in [-0.39, 0.29) is 6.04 Å². The molecule has 30 heavy (non-hydrogen) atoms. The molecule has 3 rings (SSSR count). The normalized spacial score (nSPS) is 16.3. The predicted molar refractivity (Wildman–Crippen MR) is 106 cm³/mol. The lowest BCUT2D eigenvalue weighted by Gasteiger charge is -2.36. The number of carbonyl (C=O) groups is 1. The van der Waals surface area contributed by atoms with Crippen molar-refractivity contribution in [1.29, 1.82) is 0 Å². The second-order valence-corrected chi connectivity index (χ2v) is 7.30. The third kappa shape index (κ3) is 5.59. The van der Waals surface area contributed by atoms with Crippen molar-refractivity contribution in [2.45, 2.75) is 25.7 Å². The van der Waals surface area contributed by atoms with E-state index in [1.165, 1.54) is 6.20 Å². The Kier molecular flexibility index (Phi) is 6.76. The zero-order chi connectivity index (χ0) is 21.7. The van der Waals surface area contributed by atoms with Crippen molar-refractivity contribution in [1.82, 2.24) is 19.8 Å². The van der Waals surface area contributed by atoms with Gasteiger partial charge in [0.25, 0.3) is 5.56 Å². The van der Waals surface area contributed by atoms with Gasteiger partial charge in [0.05, 0.1) is 0 Å². The summed E-state index contributed by atoms with van der Waals surface area (Å²) in [5.74, 6) is 0.432. The van der Waals surface area contributed by atoms with E-state index in [0.717, 1.165) is 42.6 Å². The van der Waals surface area contributed by atoms with Crippen LogP contribution >= 0.6 is 0 Å². The van der Waals surface area contributed by atoms with Crippen LogP contribution in [-0.2, 0) is 17.5 Å². The average molecular weight is 423 g/mol. The van der Waals surface area contributed by atoms with Crippen LogP contribution in [0.4, 0.5) is 19.0 Å². The molecule has 2 aromatic rings. The fourth-order valence-corrected chi connectivity index (χ4v) is 3.49. The molecule has 0 radical (unpaired) electrons. The predicted octanol–water partition coefficient (Wildman–Crippen LogP) is 1.59. The largest absolute Gasteiger partial charge is 0.421 e. The number of nitrogens with one attached hydrogen (secondary N) is 1. The summed E-state index contributed by atoms with van der Waals surface area (Å²) in [6.45, 7) is 5.24. The third-order valence-electron chi connectivity index (χ3n) is 4.92. The second-order valence-electron chi connectivity index (χ2n) is 7.30. The maximum Gasteiger partial charge on any atom is 0.421 e. The average Bonchev–Trinajstić information content (AvgIpc) is 2.70. The fourth-order valence-electron chi connectivity index (χ4n) is 3.49. The highest BCUT2D eigenvalue weighted by Gasteiger charge is 2.34. The molecular formula is C20H24F3N5O2. The summed E-state index contributed by atoms with van der Waals surface area (Å²) >= 11 is 0. The zero-order valence-corrected chi connectivity index (χ0v) is 16.6. The van der Waals surface area contributed by atoms with Crippen molar-refractivity contribution in [2.24, 2.45) is 0 Å². The van der Waals surface area contributed by atoms with Crippen LogP contribution in [0.15, 0.2) is 47.5 Å². The number of halogens is 3. The molecule has 1 saturated heterocycles. The van der Waals surface area contributed by atoms with E-state index in [0.29, 0.717) is 12.6 Å². The Labute approximate surface area is 172 Å². The quantitative estimate of drug-likeness (QED) is 0.764. The van der Waals surface area contributed by atoms with Crippen LogP contribution < -0.4 is 15.8 Å². The Morgan fingerprint density at radius 3 is 2.53 bits per heavy atom. The minimum absolute atomic E-state index is 0.208. The first-order valence-electron chi connectivity index (χ1n) is 9.68. The Bertz CT molecular complexity index is 909. The molecule has 0 aliphatic carbocycles. The number of carbonyl (C=O) groups excluding carboxylic acids is 1. The molecule has 162 valence electrons. The number of piperazine rings is 1. The first-order valence-corrected chi connectivity index (χ1v) is 9.68. The molecular weight excluding hydrogens is 399 g/mol. The van der Waals surface area contributed by atoms with Crippen molar-refractivity contribution in [3.8, 4) is 0 Å². The minimum atomic E-state index is -4.75. The Morgan fingerprint density at radius 1 is 1.17 bits per heavy atom. The number of amides is 1. The van der Waals surface area contributed by atoms with E-state index in [1.54, 1.807) is 6.20 Å². The Balaban J connectivity index is 1.48. The number of rotatable bonds is 6. The van der Waals surface area contributed by atoms with Crippen molar-refractivity contribution in [2.75, 3.05) is 37.6 Å². The van der Waals surface area contributed by atoms with Crippen molar-refractivity contribution in [3.05, 3.63) is 58.6 Å². The van der Waals surface area contributed by atoms with Crippen LogP contribution in [0, 0.1) is 0 Å². The number of aromatic nitrogens is 2. The van der Waals surface area contributed by atoms with Crippen LogP contribution in [-0.4, -0.2) is 59.1 Å². The molecule has 0 bridgehead atoms. The van der Waals surface area contributed by atoms with Gasteiger partial charge in [0.2, 0.25) is 5.91 Å². The van der Waals surface area contributed by atoms with Gasteiger partial charge in [-0.3, -0.25) is 14.5 Å². The van der Waals surface area contributed by atoms with Gasteiger partial charge in [-0.15, -0.1) is 0 Å². The topological polar surface area (TPSA) is 70.5 Å². The van der Waals surface area contributed by atoms with Gasteiger partial charge in [-0.2, -0.15) is 13.2 Å². The van der Waals surface area contributed by atoms with Gasteiger partial charge in [0.1, 0.15) is 17.9 Å².